The Kier molecular flexibility index (Phi) is 5.86. The average molecular weight is 396 g/mol. The van der Waals surface area contributed by atoms with Gasteiger partial charge >= 0.3 is 0 Å². The molecular formula is C20H18ClN5O2. The standard InChI is InChI=1S/C20H18ClN5O2/c21-16-7-2-1-5-14(16)10-25-20(28)13-6-3-4-12(8-13)9-15-11-24-18(22)17(26-15)19(23)27/h1-8,11H,9-10H2,(H2,22,24)(H2,23,27)(H,25,28). The SMILES string of the molecule is NC(=O)c1nc(Cc2cccc(C(=O)NCc3ccccc3Cl)c2)cnc1N. The maximum Gasteiger partial charge on any atom is 0.271 e. The molecule has 0 bridgehead atoms. The first kappa shape index (κ1) is 19.3. The van der Waals surface area contributed by atoms with Gasteiger partial charge in [-0.25, -0.2) is 9.97 Å². The molecule has 3 rings (SSSR count). The maximum absolute atomic E-state index is 12.5. The minimum Gasteiger partial charge on any atom is -0.382 e. The van der Waals surface area contributed by atoms with Gasteiger partial charge in [-0.3, -0.25) is 9.59 Å². The Bertz CT molecular complexity index is 1040. The molecule has 0 radical (unpaired) electrons. The van der Waals surface area contributed by atoms with Gasteiger partial charge in [0.2, 0.25) is 0 Å². The zero-order chi connectivity index (χ0) is 20.1. The van der Waals surface area contributed by atoms with Gasteiger partial charge < -0.3 is 16.8 Å². The fraction of sp³-hybridized carbons (Fsp3) is 0.100. The van der Waals surface area contributed by atoms with Crippen molar-refractivity contribution in [2.75, 3.05) is 5.73 Å². The van der Waals surface area contributed by atoms with Crippen LogP contribution in [0.3, 0.4) is 0 Å². The van der Waals surface area contributed by atoms with Crippen molar-refractivity contribution in [3.63, 3.8) is 0 Å². The molecule has 0 unspecified atom stereocenters. The third-order valence-corrected chi connectivity index (χ3v) is 4.42. The molecule has 5 N–H and O–H groups in total. The lowest BCUT2D eigenvalue weighted by molar-refractivity contribution is 0.0949. The summed E-state index contributed by atoms with van der Waals surface area (Å²) in [5, 5.41) is 3.45. The molecule has 1 aromatic heterocycles. The highest BCUT2D eigenvalue weighted by molar-refractivity contribution is 6.31. The first-order chi connectivity index (χ1) is 13.4. The molecule has 2 aromatic carbocycles. The van der Waals surface area contributed by atoms with E-state index in [0.29, 0.717) is 29.2 Å². The smallest absolute Gasteiger partial charge is 0.271 e. The number of primary amides is 1. The van der Waals surface area contributed by atoms with Crippen molar-refractivity contribution in [2.24, 2.45) is 5.73 Å². The maximum atomic E-state index is 12.5. The van der Waals surface area contributed by atoms with Gasteiger partial charge in [0.15, 0.2) is 11.5 Å². The second kappa shape index (κ2) is 8.49. The normalized spacial score (nSPS) is 10.5. The van der Waals surface area contributed by atoms with Crippen LogP contribution >= 0.6 is 11.6 Å². The van der Waals surface area contributed by atoms with Crippen LogP contribution in [0.1, 0.15) is 37.7 Å². The van der Waals surface area contributed by atoms with E-state index in [0.717, 1.165) is 11.1 Å². The number of nitrogens with one attached hydrogen (secondary N) is 1. The first-order valence-corrected chi connectivity index (χ1v) is 8.83. The van der Waals surface area contributed by atoms with Crippen LogP contribution in [-0.2, 0) is 13.0 Å². The summed E-state index contributed by atoms with van der Waals surface area (Å²) >= 11 is 6.11. The molecular weight excluding hydrogens is 378 g/mol. The van der Waals surface area contributed by atoms with Crippen molar-refractivity contribution < 1.29 is 9.59 Å². The van der Waals surface area contributed by atoms with Crippen molar-refractivity contribution >= 4 is 29.2 Å². The predicted octanol–water partition coefficient (Wildman–Crippen LogP) is 2.33. The molecule has 0 saturated carbocycles. The molecule has 3 aromatic rings. The molecule has 2 amide bonds. The van der Waals surface area contributed by atoms with Gasteiger partial charge in [0.05, 0.1) is 11.9 Å². The number of halogens is 1. The Labute approximate surface area is 166 Å². The Hall–Kier alpha value is -3.45. The minimum absolute atomic E-state index is 0.0102. The summed E-state index contributed by atoms with van der Waals surface area (Å²) in [6.45, 7) is 0.328. The van der Waals surface area contributed by atoms with E-state index >= 15 is 0 Å². The van der Waals surface area contributed by atoms with E-state index in [1.54, 1.807) is 24.3 Å². The summed E-state index contributed by atoms with van der Waals surface area (Å²) in [5.74, 6) is -0.966. The summed E-state index contributed by atoms with van der Waals surface area (Å²) in [6, 6.07) is 14.4. The van der Waals surface area contributed by atoms with Crippen LogP contribution < -0.4 is 16.8 Å². The highest BCUT2D eigenvalue weighted by atomic mass is 35.5. The third kappa shape index (κ3) is 4.63. The summed E-state index contributed by atoms with van der Waals surface area (Å²) in [4.78, 5) is 31.9. The molecule has 0 spiro atoms. The zero-order valence-electron chi connectivity index (χ0n) is 14.9. The molecule has 0 saturated heterocycles. The fourth-order valence-corrected chi connectivity index (χ4v) is 2.85. The van der Waals surface area contributed by atoms with E-state index in [-0.39, 0.29) is 17.4 Å². The number of benzene rings is 2. The zero-order valence-corrected chi connectivity index (χ0v) is 15.6. The van der Waals surface area contributed by atoms with Gasteiger partial charge in [-0.1, -0.05) is 41.9 Å². The number of aromatic nitrogens is 2. The number of hydrogen-bond donors (Lipinski definition) is 3. The highest BCUT2D eigenvalue weighted by Gasteiger charge is 2.12. The summed E-state index contributed by atoms with van der Waals surface area (Å²) in [7, 11) is 0. The lowest BCUT2D eigenvalue weighted by Gasteiger charge is -2.09. The van der Waals surface area contributed by atoms with Gasteiger partial charge in [0.1, 0.15) is 0 Å². The molecule has 0 aliphatic rings. The van der Waals surface area contributed by atoms with Crippen molar-refractivity contribution in [3.05, 3.63) is 87.8 Å². The predicted molar refractivity (Wildman–Crippen MR) is 107 cm³/mol. The molecule has 8 heteroatoms. The van der Waals surface area contributed by atoms with E-state index in [1.165, 1.54) is 6.20 Å². The number of nitrogens with zero attached hydrogens (tertiary/aromatic N) is 2. The second-order valence-electron chi connectivity index (χ2n) is 6.11. The fourth-order valence-electron chi connectivity index (χ4n) is 2.65. The van der Waals surface area contributed by atoms with Gasteiger partial charge in [0, 0.05) is 23.6 Å². The Morgan fingerprint density at radius 1 is 1.11 bits per heavy atom. The topological polar surface area (TPSA) is 124 Å². The number of nitrogen functional groups attached to an aromatic ring is 1. The van der Waals surface area contributed by atoms with Gasteiger partial charge in [0.25, 0.3) is 11.8 Å². The largest absolute Gasteiger partial charge is 0.382 e. The van der Waals surface area contributed by atoms with Crippen LogP contribution in [0.25, 0.3) is 0 Å². The number of hydrogen-bond acceptors (Lipinski definition) is 5. The third-order valence-electron chi connectivity index (χ3n) is 4.06. The van der Waals surface area contributed by atoms with Gasteiger partial charge in [-0.2, -0.15) is 0 Å². The lowest BCUT2D eigenvalue weighted by atomic mass is 10.1. The molecule has 7 nitrogen and oxygen atoms in total. The van der Waals surface area contributed by atoms with Crippen LogP contribution in [0.5, 0.6) is 0 Å². The van der Waals surface area contributed by atoms with E-state index < -0.39 is 5.91 Å². The summed E-state index contributed by atoms with van der Waals surface area (Å²) in [6.07, 6.45) is 1.85. The number of nitrogens with two attached hydrogens (primary N) is 2. The minimum atomic E-state index is -0.737. The average Bonchev–Trinajstić information content (AvgIpc) is 2.68. The Morgan fingerprint density at radius 3 is 2.64 bits per heavy atom. The Morgan fingerprint density at radius 2 is 1.89 bits per heavy atom. The van der Waals surface area contributed by atoms with Crippen molar-refractivity contribution in [1.29, 1.82) is 0 Å². The number of anilines is 1. The van der Waals surface area contributed by atoms with Crippen LogP contribution in [0.4, 0.5) is 5.82 Å². The molecule has 0 aliphatic heterocycles. The van der Waals surface area contributed by atoms with Crippen LogP contribution in [0.2, 0.25) is 5.02 Å². The summed E-state index contributed by atoms with van der Waals surface area (Å²) < 4.78 is 0. The molecule has 0 fully saturated rings. The molecule has 0 aliphatic carbocycles. The van der Waals surface area contributed by atoms with Crippen LogP contribution in [-0.4, -0.2) is 21.8 Å². The van der Waals surface area contributed by atoms with Crippen LogP contribution in [0.15, 0.2) is 54.7 Å². The first-order valence-electron chi connectivity index (χ1n) is 8.46. The number of carbonyl (C=O) groups is 2. The van der Waals surface area contributed by atoms with E-state index in [9.17, 15) is 9.59 Å². The highest BCUT2D eigenvalue weighted by Crippen LogP contribution is 2.15. The van der Waals surface area contributed by atoms with Crippen molar-refractivity contribution in [1.82, 2.24) is 15.3 Å². The lowest BCUT2D eigenvalue weighted by Crippen LogP contribution is -2.23. The molecule has 0 atom stereocenters. The number of carbonyl (C=O) groups excluding carboxylic acids is 2. The van der Waals surface area contributed by atoms with E-state index in [2.05, 4.69) is 15.3 Å². The monoisotopic (exact) mass is 395 g/mol. The van der Waals surface area contributed by atoms with Gasteiger partial charge in [-0.05, 0) is 29.3 Å². The summed E-state index contributed by atoms with van der Waals surface area (Å²) in [5.41, 5.74) is 13.5. The quantitative estimate of drug-likeness (QED) is 0.590. The van der Waals surface area contributed by atoms with Gasteiger partial charge in [-0.15, -0.1) is 0 Å². The van der Waals surface area contributed by atoms with Crippen LogP contribution in [0, 0.1) is 0 Å². The van der Waals surface area contributed by atoms with E-state index in [4.69, 9.17) is 23.1 Å². The molecule has 142 valence electrons. The number of rotatable bonds is 6. The second-order valence-corrected chi connectivity index (χ2v) is 6.52. The van der Waals surface area contributed by atoms with E-state index in [1.807, 2.05) is 24.3 Å². The molecule has 28 heavy (non-hydrogen) atoms. The van der Waals surface area contributed by atoms with Crippen molar-refractivity contribution in [3.8, 4) is 0 Å². The molecule has 1 heterocycles. The Balaban J connectivity index is 1.72. The van der Waals surface area contributed by atoms with Crippen molar-refractivity contribution in [2.45, 2.75) is 13.0 Å². The number of amides is 2.